The van der Waals surface area contributed by atoms with E-state index in [9.17, 15) is 14.3 Å². The van der Waals surface area contributed by atoms with E-state index >= 15 is 0 Å². The van der Waals surface area contributed by atoms with E-state index in [1.807, 2.05) is 13.8 Å². The van der Waals surface area contributed by atoms with Gasteiger partial charge in [-0.2, -0.15) is 0 Å². The summed E-state index contributed by atoms with van der Waals surface area (Å²) >= 11 is 0. The summed E-state index contributed by atoms with van der Waals surface area (Å²) in [6.07, 6.45) is 3.55. The number of carbonyl (C=O) groups excluding carboxylic acids is 1. The summed E-state index contributed by atoms with van der Waals surface area (Å²) in [6.45, 7) is 5.56. The lowest BCUT2D eigenvalue weighted by molar-refractivity contribution is 0.0600. The standard InChI is InChI=1S/C23H27FN2O3/c1-15-9-18(23(28)29-3)10-16(2)22(15)25-12-19-11-20(6-7-21(19)24)26-8-4-5-17(13-26)14-27/h6-7,9-12,17,27H,4-5,8,13-14H2,1-3H3. The molecule has 154 valence electrons. The van der Waals surface area contributed by atoms with Crippen molar-refractivity contribution in [3.63, 3.8) is 0 Å². The number of benzene rings is 2. The number of aliphatic hydroxyl groups is 1. The predicted molar refractivity (Wildman–Crippen MR) is 113 cm³/mol. The number of esters is 1. The van der Waals surface area contributed by atoms with E-state index in [1.54, 1.807) is 24.3 Å². The minimum Gasteiger partial charge on any atom is -0.465 e. The topological polar surface area (TPSA) is 62.1 Å². The average molecular weight is 398 g/mol. The van der Waals surface area contributed by atoms with Gasteiger partial charge < -0.3 is 14.7 Å². The highest BCUT2D eigenvalue weighted by Crippen LogP contribution is 2.27. The van der Waals surface area contributed by atoms with Crippen LogP contribution in [0.2, 0.25) is 0 Å². The first kappa shape index (κ1) is 21.0. The molecule has 1 saturated heterocycles. The number of nitrogens with zero attached hydrogens (tertiary/aromatic N) is 2. The van der Waals surface area contributed by atoms with Crippen molar-refractivity contribution >= 4 is 23.6 Å². The van der Waals surface area contributed by atoms with Crippen LogP contribution in [-0.2, 0) is 4.74 Å². The number of aliphatic imine (C=N–C) groups is 1. The molecule has 0 amide bonds. The molecule has 0 spiro atoms. The molecular formula is C23H27FN2O3. The highest BCUT2D eigenvalue weighted by molar-refractivity contribution is 5.91. The van der Waals surface area contributed by atoms with E-state index in [-0.39, 0.29) is 18.3 Å². The van der Waals surface area contributed by atoms with Crippen molar-refractivity contribution in [3.05, 3.63) is 58.4 Å². The Morgan fingerprint density at radius 2 is 2.03 bits per heavy atom. The van der Waals surface area contributed by atoms with E-state index in [4.69, 9.17) is 4.74 Å². The Kier molecular flexibility index (Phi) is 6.64. The van der Waals surface area contributed by atoms with Crippen LogP contribution < -0.4 is 4.90 Å². The minimum absolute atomic E-state index is 0.173. The average Bonchev–Trinajstić information content (AvgIpc) is 2.73. The maximum Gasteiger partial charge on any atom is 0.337 e. The van der Waals surface area contributed by atoms with Gasteiger partial charge in [-0.1, -0.05) is 0 Å². The van der Waals surface area contributed by atoms with Crippen molar-refractivity contribution in [1.82, 2.24) is 0 Å². The monoisotopic (exact) mass is 398 g/mol. The van der Waals surface area contributed by atoms with Gasteiger partial charge in [-0.25, -0.2) is 9.18 Å². The SMILES string of the molecule is COC(=O)c1cc(C)c(N=Cc2cc(N3CCCC(CO)C3)ccc2F)c(C)c1. The van der Waals surface area contributed by atoms with Crippen molar-refractivity contribution in [3.8, 4) is 0 Å². The predicted octanol–water partition coefficient (Wildman–Crippen LogP) is 4.19. The molecule has 0 aromatic heterocycles. The third kappa shape index (κ3) is 4.82. The lowest BCUT2D eigenvalue weighted by Gasteiger charge is -2.33. The number of piperidine rings is 1. The summed E-state index contributed by atoms with van der Waals surface area (Å²) in [5.41, 5.74) is 4.16. The summed E-state index contributed by atoms with van der Waals surface area (Å²) < 4.78 is 19.2. The molecule has 1 N–H and O–H groups in total. The molecule has 0 bridgehead atoms. The van der Waals surface area contributed by atoms with Crippen LogP contribution in [0.25, 0.3) is 0 Å². The second-order valence-electron chi connectivity index (χ2n) is 7.55. The lowest BCUT2D eigenvalue weighted by atomic mass is 9.98. The number of aliphatic hydroxyl groups excluding tert-OH is 1. The fraction of sp³-hybridized carbons (Fsp3) is 0.391. The summed E-state index contributed by atoms with van der Waals surface area (Å²) in [6, 6.07) is 8.47. The number of ether oxygens (including phenoxy) is 1. The summed E-state index contributed by atoms with van der Waals surface area (Å²) in [4.78, 5) is 18.4. The molecule has 1 unspecified atom stereocenters. The van der Waals surface area contributed by atoms with Crippen LogP contribution in [0.4, 0.5) is 15.8 Å². The van der Waals surface area contributed by atoms with Crippen molar-refractivity contribution in [2.75, 3.05) is 31.7 Å². The fourth-order valence-corrected chi connectivity index (χ4v) is 3.80. The minimum atomic E-state index is -0.395. The number of methoxy groups -OCH3 is 1. The van der Waals surface area contributed by atoms with Crippen molar-refractivity contribution in [2.24, 2.45) is 10.9 Å². The van der Waals surface area contributed by atoms with Crippen LogP contribution in [0.1, 0.15) is 39.9 Å². The summed E-state index contributed by atoms with van der Waals surface area (Å²) in [5.74, 6) is -0.479. The largest absolute Gasteiger partial charge is 0.465 e. The third-order valence-electron chi connectivity index (χ3n) is 5.37. The molecule has 0 saturated carbocycles. The molecule has 1 heterocycles. The first-order valence-corrected chi connectivity index (χ1v) is 9.82. The zero-order valence-corrected chi connectivity index (χ0v) is 17.1. The summed E-state index contributed by atoms with van der Waals surface area (Å²) in [5, 5.41) is 9.45. The second kappa shape index (κ2) is 9.18. The van der Waals surface area contributed by atoms with Gasteiger partial charge in [0.2, 0.25) is 0 Å². The zero-order chi connectivity index (χ0) is 21.0. The highest BCUT2D eigenvalue weighted by Gasteiger charge is 2.20. The molecule has 2 aromatic carbocycles. The van der Waals surface area contributed by atoms with Crippen molar-refractivity contribution in [1.29, 1.82) is 0 Å². The van der Waals surface area contributed by atoms with Gasteiger partial charge >= 0.3 is 5.97 Å². The smallest absolute Gasteiger partial charge is 0.337 e. The van der Waals surface area contributed by atoms with Gasteiger partial charge in [0.15, 0.2) is 0 Å². The molecule has 29 heavy (non-hydrogen) atoms. The van der Waals surface area contributed by atoms with Crippen LogP contribution in [-0.4, -0.2) is 44.1 Å². The normalized spacial score (nSPS) is 17.0. The van der Waals surface area contributed by atoms with E-state index < -0.39 is 5.97 Å². The summed E-state index contributed by atoms with van der Waals surface area (Å²) in [7, 11) is 1.35. The Hall–Kier alpha value is -2.73. The first-order chi connectivity index (χ1) is 13.9. The fourth-order valence-electron chi connectivity index (χ4n) is 3.80. The molecule has 1 atom stereocenters. The van der Waals surface area contributed by atoms with Gasteiger partial charge in [-0.15, -0.1) is 0 Å². The molecule has 0 aliphatic carbocycles. The van der Waals surface area contributed by atoms with Crippen molar-refractivity contribution in [2.45, 2.75) is 26.7 Å². The molecule has 6 heteroatoms. The molecule has 2 aromatic rings. The van der Waals surface area contributed by atoms with Gasteiger partial charge in [0, 0.05) is 37.2 Å². The molecule has 5 nitrogen and oxygen atoms in total. The highest BCUT2D eigenvalue weighted by atomic mass is 19.1. The van der Waals surface area contributed by atoms with Gasteiger partial charge in [0.25, 0.3) is 0 Å². The van der Waals surface area contributed by atoms with E-state index in [1.165, 1.54) is 19.4 Å². The maximum atomic E-state index is 14.4. The number of hydrogen-bond donors (Lipinski definition) is 1. The Morgan fingerprint density at radius 3 is 2.69 bits per heavy atom. The van der Waals surface area contributed by atoms with Gasteiger partial charge in [0.1, 0.15) is 5.82 Å². The van der Waals surface area contributed by atoms with Crippen LogP contribution in [0.3, 0.4) is 0 Å². The van der Waals surface area contributed by atoms with Crippen LogP contribution in [0, 0.1) is 25.6 Å². The number of aryl methyl sites for hydroxylation is 2. The molecule has 1 aliphatic heterocycles. The van der Waals surface area contributed by atoms with E-state index in [2.05, 4.69) is 9.89 Å². The lowest BCUT2D eigenvalue weighted by Crippen LogP contribution is -2.36. The first-order valence-electron chi connectivity index (χ1n) is 9.82. The van der Waals surface area contributed by atoms with Gasteiger partial charge in [-0.3, -0.25) is 4.99 Å². The quantitative estimate of drug-likeness (QED) is 0.606. The number of anilines is 1. The van der Waals surface area contributed by atoms with Crippen LogP contribution in [0.5, 0.6) is 0 Å². The second-order valence-corrected chi connectivity index (χ2v) is 7.55. The Balaban J connectivity index is 1.86. The number of hydrogen-bond acceptors (Lipinski definition) is 5. The van der Waals surface area contributed by atoms with Gasteiger partial charge in [-0.05, 0) is 74.1 Å². The molecule has 3 rings (SSSR count). The molecule has 0 radical (unpaired) electrons. The molecule has 1 aliphatic rings. The Labute approximate surface area is 170 Å². The maximum absolute atomic E-state index is 14.4. The van der Waals surface area contributed by atoms with Gasteiger partial charge in [0.05, 0.1) is 18.4 Å². The van der Waals surface area contributed by atoms with Crippen LogP contribution >= 0.6 is 0 Å². The van der Waals surface area contributed by atoms with Crippen molar-refractivity contribution < 1.29 is 19.0 Å². The van der Waals surface area contributed by atoms with E-state index in [0.717, 1.165) is 42.7 Å². The number of carbonyl (C=O) groups is 1. The number of rotatable bonds is 5. The molecular weight excluding hydrogens is 371 g/mol. The van der Waals surface area contributed by atoms with E-state index in [0.29, 0.717) is 16.8 Å². The number of halogens is 1. The molecule has 1 fully saturated rings. The Morgan fingerprint density at radius 1 is 1.31 bits per heavy atom. The zero-order valence-electron chi connectivity index (χ0n) is 17.1. The Bertz CT molecular complexity index is 903. The van der Waals surface area contributed by atoms with Crippen LogP contribution in [0.15, 0.2) is 35.3 Å². The third-order valence-corrected chi connectivity index (χ3v) is 5.37.